The quantitative estimate of drug-likeness (QED) is 0.872. The number of rotatable bonds is 3. The molecule has 1 aliphatic heterocycles. The maximum atomic E-state index is 11.4. The Balaban J connectivity index is 2.08. The molecule has 20 heavy (non-hydrogen) atoms. The molecule has 3 rings (SSSR count). The van der Waals surface area contributed by atoms with Crippen LogP contribution in [0.25, 0.3) is 11.1 Å². The first kappa shape index (κ1) is 12.8. The van der Waals surface area contributed by atoms with Gasteiger partial charge in [-0.05, 0) is 17.7 Å². The number of fused-ring (bicyclic) bond motifs is 1. The van der Waals surface area contributed by atoms with Crippen LogP contribution in [0.3, 0.4) is 0 Å². The first-order valence-electron chi connectivity index (χ1n) is 5.84. The topological polar surface area (TPSA) is 107 Å². The second-order valence-electron chi connectivity index (χ2n) is 4.60. The highest BCUT2D eigenvalue weighted by molar-refractivity contribution is 7.89. The van der Waals surface area contributed by atoms with Crippen LogP contribution in [0.1, 0.15) is 5.69 Å². The Morgan fingerprint density at radius 2 is 2.10 bits per heavy atom. The predicted octanol–water partition coefficient (Wildman–Crippen LogP) is 0.932. The zero-order valence-corrected chi connectivity index (χ0v) is 11.5. The molecule has 0 amide bonds. The fourth-order valence-corrected chi connectivity index (χ4v) is 2.87. The van der Waals surface area contributed by atoms with E-state index in [4.69, 9.17) is 15.2 Å². The highest BCUT2D eigenvalue weighted by atomic mass is 32.2. The van der Waals surface area contributed by atoms with Gasteiger partial charge in [0, 0.05) is 11.8 Å². The number of hydrogen-bond acceptors (Lipinski definition) is 6. The summed E-state index contributed by atoms with van der Waals surface area (Å²) in [5.74, 6) is 1.36. The van der Waals surface area contributed by atoms with Gasteiger partial charge in [0.1, 0.15) is 0 Å². The van der Waals surface area contributed by atoms with E-state index in [1.807, 2.05) is 0 Å². The number of benzene rings is 1. The van der Waals surface area contributed by atoms with Crippen LogP contribution in [-0.4, -0.2) is 31.7 Å². The second-order valence-corrected chi connectivity index (χ2v) is 6.74. The van der Waals surface area contributed by atoms with Crippen molar-refractivity contribution in [3.05, 3.63) is 23.9 Å². The number of aromatic nitrogens is 2. The van der Waals surface area contributed by atoms with Crippen LogP contribution in [0.2, 0.25) is 0 Å². The fraction of sp³-hybridized carbons (Fsp3) is 0.250. The third-order valence-electron chi connectivity index (χ3n) is 2.94. The van der Waals surface area contributed by atoms with Gasteiger partial charge in [-0.15, -0.1) is 0 Å². The van der Waals surface area contributed by atoms with E-state index in [-0.39, 0.29) is 18.4 Å². The zero-order chi connectivity index (χ0) is 14.3. The molecule has 0 saturated heterocycles. The van der Waals surface area contributed by atoms with Gasteiger partial charge in [0.2, 0.25) is 6.79 Å². The van der Waals surface area contributed by atoms with E-state index < -0.39 is 9.84 Å². The molecule has 3 N–H and O–H groups in total. The number of hydrogen-bond donors (Lipinski definition) is 2. The van der Waals surface area contributed by atoms with Gasteiger partial charge in [-0.1, -0.05) is 6.07 Å². The molecular weight excluding hydrogens is 282 g/mol. The zero-order valence-electron chi connectivity index (χ0n) is 10.7. The average Bonchev–Trinajstić information content (AvgIpc) is 2.93. The van der Waals surface area contributed by atoms with Crippen molar-refractivity contribution in [3.8, 4) is 22.6 Å². The molecule has 0 radical (unpaired) electrons. The lowest BCUT2D eigenvalue weighted by molar-refractivity contribution is 0.174. The third-order valence-corrected chi connectivity index (χ3v) is 3.75. The average molecular weight is 295 g/mol. The van der Waals surface area contributed by atoms with Crippen LogP contribution in [0.4, 0.5) is 5.82 Å². The minimum Gasteiger partial charge on any atom is -0.454 e. The molecule has 106 valence electrons. The van der Waals surface area contributed by atoms with E-state index in [1.54, 1.807) is 18.2 Å². The Bertz CT molecular complexity index is 767. The van der Waals surface area contributed by atoms with Gasteiger partial charge in [-0.2, -0.15) is 5.10 Å². The smallest absolute Gasteiger partial charge is 0.231 e. The molecule has 2 heterocycles. The Kier molecular flexibility index (Phi) is 2.82. The maximum absolute atomic E-state index is 11.4. The molecule has 0 unspecified atom stereocenters. The number of nitrogen functional groups attached to an aromatic ring is 1. The van der Waals surface area contributed by atoms with Crippen LogP contribution < -0.4 is 15.2 Å². The minimum atomic E-state index is -3.19. The number of nitrogens with two attached hydrogens (primary N) is 1. The number of ether oxygens (including phenoxy) is 2. The molecule has 0 atom stereocenters. The normalized spacial score (nSPS) is 13.7. The molecule has 1 aromatic carbocycles. The highest BCUT2D eigenvalue weighted by Gasteiger charge is 2.20. The van der Waals surface area contributed by atoms with Crippen molar-refractivity contribution in [3.63, 3.8) is 0 Å². The molecule has 1 aliphatic rings. The van der Waals surface area contributed by atoms with Crippen LogP contribution >= 0.6 is 0 Å². The van der Waals surface area contributed by atoms with Crippen LogP contribution in [-0.2, 0) is 15.6 Å². The first-order valence-corrected chi connectivity index (χ1v) is 7.90. The van der Waals surface area contributed by atoms with Crippen molar-refractivity contribution in [2.24, 2.45) is 0 Å². The molecule has 0 bridgehead atoms. The molecule has 1 aromatic heterocycles. The Labute approximate surface area is 115 Å². The van der Waals surface area contributed by atoms with E-state index >= 15 is 0 Å². The van der Waals surface area contributed by atoms with Crippen molar-refractivity contribution in [2.45, 2.75) is 5.75 Å². The largest absolute Gasteiger partial charge is 0.454 e. The van der Waals surface area contributed by atoms with Crippen molar-refractivity contribution in [1.29, 1.82) is 0 Å². The van der Waals surface area contributed by atoms with E-state index in [9.17, 15) is 8.42 Å². The summed E-state index contributed by atoms with van der Waals surface area (Å²) in [5.41, 5.74) is 7.60. The Morgan fingerprint density at radius 3 is 2.85 bits per heavy atom. The van der Waals surface area contributed by atoms with Gasteiger partial charge in [-0.25, -0.2) is 8.42 Å². The summed E-state index contributed by atoms with van der Waals surface area (Å²) in [5, 5.41) is 6.56. The summed E-state index contributed by atoms with van der Waals surface area (Å²) in [4.78, 5) is 0. The van der Waals surface area contributed by atoms with Gasteiger partial charge in [0.05, 0.1) is 11.4 Å². The minimum absolute atomic E-state index is 0.152. The highest BCUT2D eigenvalue weighted by Crippen LogP contribution is 2.38. The number of nitrogens with one attached hydrogen (secondary N) is 1. The standard InChI is InChI=1S/C12H13N3O4S/c1-20(16,17)5-8-11(12(13)15-14-8)7-2-3-9-10(4-7)19-6-18-9/h2-4H,5-6H2,1H3,(H3,13,14,15). The van der Waals surface area contributed by atoms with E-state index in [0.717, 1.165) is 11.8 Å². The second kappa shape index (κ2) is 4.41. The van der Waals surface area contributed by atoms with Crippen molar-refractivity contribution < 1.29 is 17.9 Å². The number of sulfone groups is 1. The lowest BCUT2D eigenvalue weighted by Gasteiger charge is -2.05. The molecule has 0 saturated carbocycles. The summed E-state index contributed by atoms with van der Waals surface area (Å²) in [7, 11) is -3.19. The number of nitrogens with zero attached hydrogens (tertiary/aromatic N) is 1. The van der Waals surface area contributed by atoms with Crippen molar-refractivity contribution in [2.75, 3.05) is 18.8 Å². The van der Waals surface area contributed by atoms with Gasteiger partial charge in [0.15, 0.2) is 27.2 Å². The monoisotopic (exact) mass is 295 g/mol. The van der Waals surface area contributed by atoms with Crippen molar-refractivity contribution >= 4 is 15.7 Å². The third kappa shape index (κ3) is 2.29. The van der Waals surface area contributed by atoms with Crippen LogP contribution in [0.15, 0.2) is 18.2 Å². The molecule has 8 heteroatoms. The Morgan fingerprint density at radius 1 is 1.35 bits per heavy atom. The number of anilines is 1. The summed E-state index contributed by atoms with van der Waals surface area (Å²) in [6.45, 7) is 0.176. The molecular formula is C12H13N3O4S. The van der Waals surface area contributed by atoms with Gasteiger partial charge < -0.3 is 15.2 Å². The van der Waals surface area contributed by atoms with Gasteiger partial charge >= 0.3 is 0 Å². The lowest BCUT2D eigenvalue weighted by atomic mass is 10.1. The van der Waals surface area contributed by atoms with E-state index in [1.165, 1.54) is 0 Å². The molecule has 0 aliphatic carbocycles. The first-order chi connectivity index (χ1) is 9.44. The van der Waals surface area contributed by atoms with Crippen LogP contribution in [0, 0.1) is 0 Å². The summed E-state index contributed by atoms with van der Waals surface area (Å²) < 4.78 is 33.4. The maximum Gasteiger partial charge on any atom is 0.231 e. The summed E-state index contributed by atoms with van der Waals surface area (Å²) in [6, 6.07) is 5.31. The molecule has 7 nitrogen and oxygen atoms in total. The predicted molar refractivity (Wildman–Crippen MR) is 73.1 cm³/mol. The number of H-pyrrole nitrogens is 1. The summed E-state index contributed by atoms with van der Waals surface area (Å²) >= 11 is 0. The molecule has 0 fully saturated rings. The van der Waals surface area contributed by atoms with Gasteiger partial charge in [0.25, 0.3) is 0 Å². The van der Waals surface area contributed by atoms with E-state index in [2.05, 4.69) is 10.2 Å². The van der Waals surface area contributed by atoms with E-state index in [0.29, 0.717) is 22.8 Å². The fourth-order valence-electron chi connectivity index (χ4n) is 2.13. The lowest BCUT2D eigenvalue weighted by Crippen LogP contribution is -2.02. The Hall–Kier alpha value is -2.22. The SMILES string of the molecule is CS(=O)(=O)Cc1[nH]nc(N)c1-c1ccc2c(c1)OCO2. The van der Waals surface area contributed by atoms with Gasteiger partial charge in [-0.3, -0.25) is 5.10 Å². The molecule has 0 spiro atoms. The number of aromatic amines is 1. The summed E-state index contributed by atoms with van der Waals surface area (Å²) in [6.07, 6.45) is 1.16. The van der Waals surface area contributed by atoms with Crippen molar-refractivity contribution in [1.82, 2.24) is 10.2 Å². The molecule has 2 aromatic rings. The van der Waals surface area contributed by atoms with Crippen LogP contribution in [0.5, 0.6) is 11.5 Å².